The standard InChI is InChI=1S/C13H19FN4/c1-2-11-12(14)13(18-9-17-11)16-8-5-10-3-6-15-7-4-10/h3,9,15H,2,4-8H2,1H3,(H,16,17,18). The van der Waals surface area contributed by atoms with Crippen molar-refractivity contribution in [3.63, 3.8) is 0 Å². The number of anilines is 1. The summed E-state index contributed by atoms with van der Waals surface area (Å²) in [5, 5.41) is 6.32. The van der Waals surface area contributed by atoms with E-state index in [-0.39, 0.29) is 5.82 Å². The molecule has 2 N–H and O–H groups in total. The summed E-state index contributed by atoms with van der Waals surface area (Å²) in [5.41, 5.74) is 1.89. The SMILES string of the molecule is CCc1ncnc(NCCC2=CCNCC2)c1F. The van der Waals surface area contributed by atoms with Crippen LogP contribution in [0.15, 0.2) is 18.0 Å². The molecule has 98 valence electrons. The van der Waals surface area contributed by atoms with Gasteiger partial charge in [-0.15, -0.1) is 0 Å². The minimum Gasteiger partial charge on any atom is -0.367 e. The van der Waals surface area contributed by atoms with E-state index in [9.17, 15) is 4.39 Å². The first-order valence-corrected chi connectivity index (χ1v) is 6.43. The average molecular weight is 250 g/mol. The van der Waals surface area contributed by atoms with Crippen LogP contribution in [0.1, 0.15) is 25.5 Å². The van der Waals surface area contributed by atoms with E-state index in [2.05, 4.69) is 26.7 Å². The van der Waals surface area contributed by atoms with Crippen molar-refractivity contribution in [2.75, 3.05) is 25.0 Å². The molecular formula is C13H19FN4. The summed E-state index contributed by atoms with van der Waals surface area (Å²) < 4.78 is 13.8. The summed E-state index contributed by atoms with van der Waals surface area (Å²) in [6.07, 6.45) is 6.22. The van der Waals surface area contributed by atoms with Crippen LogP contribution >= 0.6 is 0 Å². The lowest BCUT2D eigenvalue weighted by Crippen LogP contribution is -2.21. The fraction of sp³-hybridized carbons (Fsp3) is 0.538. The fourth-order valence-electron chi connectivity index (χ4n) is 2.01. The Morgan fingerprint density at radius 2 is 2.33 bits per heavy atom. The molecule has 0 amide bonds. The van der Waals surface area contributed by atoms with Gasteiger partial charge in [-0.05, 0) is 25.8 Å². The van der Waals surface area contributed by atoms with E-state index in [1.54, 1.807) is 0 Å². The Labute approximate surface area is 107 Å². The molecular weight excluding hydrogens is 231 g/mol. The van der Waals surface area contributed by atoms with E-state index >= 15 is 0 Å². The van der Waals surface area contributed by atoms with Gasteiger partial charge in [0.05, 0.1) is 5.69 Å². The number of aromatic nitrogens is 2. The zero-order chi connectivity index (χ0) is 12.8. The van der Waals surface area contributed by atoms with Crippen LogP contribution in [0, 0.1) is 5.82 Å². The molecule has 0 unspecified atom stereocenters. The Morgan fingerprint density at radius 1 is 1.44 bits per heavy atom. The van der Waals surface area contributed by atoms with Crippen molar-refractivity contribution in [1.82, 2.24) is 15.3 Å². The summed E-state index contributed by atoms with van der Waals surface area (Å²) >= 11 is 0. The highest BCUT2D eigenvalue weighted by Gasteiger charge is 2.09. The monoisotopic (exact) mass is 250 g/mol. The first kappa shape index (κ1) is 13.0. The summed E-state index contributed by atoms with van der Waals surface area (Å²) in [4.78, 5) is 7.85. The molecule has 0 saturated carbocycles. The number of rotatable bonds is 5. The van der Waals surface area contributed by atoms with Gasteiger partial charge in [0, 0.05) is 13.1 Å². The second-order valence-corrected chi connectivity index (χ2v) is 4.33. The molecule has 0 saturated heterocycles. The topological polar surface area (TPSA) is 49.8 Å². The Hall–Kier alpha value is -1.49. The van der Waals surface area contributed by atoms with Gasteiger partial charge in [-0.25, -0.2) is 14.4 Å². The molecule has 0 aliphatic carbocycles. The van der Waals surface area contributed by atoms with Gasteiger partial charge in [0.2, 0.25) is 0 Å². The third kappa shape index (κ3) is 3.26. The van der Waals surface area contributed by atoms with Crippen LogP contribution in [0.2, 0.25) is 0 Å². The van der Waals surface area contributed by atoms with Crippen molar-refractivity contribution in [3.8, 4) is 0 Å². The molecule has 1 aromatic heterocycles. The van der Waals surface area contributed by atoms with Gasteiger partial charge in [0.15, 0.2) is 11.6 Å². The Balaban J connectivity index is 1.88. The van der Waals surface area contributed by atoms with Crippen LogP contribution in [-0.4, -0.2) is 29.6 Å². The number of hydrogen-bond donors (Lipinski definition) is 2. The maximum Gasteiger partial charge on any atom is 0.186 e. The molecule has 0 spiro atoms. The van der Waals surface area contributed by atoms with Gasteiger partial charge in [-0.1, -0.05) is 18.6 Å². The van der Waals surface area contributed by atoms with Gasteiger partial charge in [0.25, 0.3) is 0 Å². The van der Waals surface area contributed by atoms with Crippen LogP contribution in [0.4, 0.5) is 10.2 Å². The largest absolute Gasteiger partial charge is 0.367 e. The maximum atomic E-state index is 13.8. The lowest BCUT2D eigenvalue weighted by molar-refractivity contribution is 0.596. The highest BCUT2D eigenvalue weighted by Crippen LogP contribution is 2.14. The lowest BCUT2D eigenvalue weighted by Gasteiger charge is -2.14. The van der Waals surface area contributed by atoms with Crippen LogP contribution in [-0.2, 0) is 6.42 Å². The molecule has 18 heavy (non-hydrogen) atoms. The molecule has 2 rings (SSSR count). The van der Waals surface area contributed by atoms with Crippen molar-refractivity contribution < 1.29 is 4.39 Å². The lowest BCUT2D eigenvalue weighted by atomic mass is 10.1. The molecule has 4 nitrogen and oxygen atoms in total. The molecule has 1 aromatic rings. The third-order valence-corrected chi connectivity index (χ3v) is 3.09. The van der Waals surface area contributed by atoms with Crippen LogP contribution in [0.25, 0.3) is 0 Å². The highest BCUT2D eigenvalue weighted by molar-refractivity contribution is 5.37. The second kappa shape index (κ2) is 6.44. The smallest absolute Gasteiger partial charge is 0.186 e. The third-order valence-electron chi connectivity index (χ3n) is 3.09. The Kier molecular flexibility index (Phi) is 4.64. The minimum atomic E-state index is -0.320. The first-order valence-electron chi connectivity index (χ1n) is 6.43. The van der Waals surface area contributed by atoms with Crippen LogP contribution < -0.4 is 10.6 Å². The highest BCUT2D eigenvalue weighted by atomic mass is 19.1. The zero-order valence-corrected chi connectivity index (χ0v) is 10.7. The van der Waals surface area contributed by atoms with E-state index in [0.29, 0.717) is 24.5 Å². The summed E-state index contributed by atoms with van der Waals surface area (Å²) in [6, 6.07) is 0. The summed E-state index contributed by atoms with van der Waals surface area (Å²) in [7, 11) is 0. The number of hydrogen-bond acceptors (Lipinski definition) is 4. The molecule has 0 bridgehead atoms. The molecule has 0 fully saturated rings. The fourth-order valence-corrected chi connectivity index (χ4v) is 2.01. The van der Waals surface area contributed by atoms with Gasteiger partial charge in [-0.3, -0.25) is 0 Å². The van der Waals surface area contributed by atoms with E-state index in [0.717, 1.165) is 25.9 Å². The van der Waals surface area contributed by atoms with E-state index in [1.807, 2.05) is 6.92 Å². The number of nitrogens with zero attached hydrogens (tertiary/aromatic N) is 2. The average Bonchev–Trinajstić information content (AvgIpc) is 2.42. The van der Waals surface area contributed by atoms with Crippen molar-refractivity contribution in [3.05, 3.63) is 29.5 Å². The predicted molar refractivity (Wildman–Crippen MR) is 70.0 cm³/mol. The minimum absolute atomic E-state index is 0.316. The molecule has 0 aromatic carbocycles. The normalized spacial score (nSPS) is 15.3. The molecule has 0 radical (unpaired) electrons. The molecule has 0 atom stereocenters. The summed E-state index contributed by atoms with van der Waals surface area (Å²) in [6.45, 7) is 4.57. The van der Waals surface area contributed by atoms with Crippen LogP contribution in [0.3, 0.4) is 0 Å². The number of nitrogens with one attached hydrogen (secondary N) is 2. The summed E-state index contributed by atoms with van der Waals surface area (Å²) in [5.74, 6) is -0.00400. The predicted octanol–water partition coefficient (Wildman–Crippen LogP) is 1.90. The maximum absolute atomic E-state index is 13.8. The molecule has 2 heterocycles. The van der Waals surface area contributed by atoms with Gasteiger partial charge in [-0.2, -0.15) is 0 Å². The van der Waals surface area contributed by atoms with Gasteiger partial charge >= 0.3 is 0 Å². The van der Waals surface area contributed by atoms with E-state index in [1.165, 1.54) is 11.9 Å². The van der Waals surface area contributed by atoms with Crippen molar-refractivity contribution >= 4 is 5.82 Å². The second-order valence-electron chi connectivity index (χ2n) is 4.33. The van der Waals surface area contributed by atoms with Gasteiger partial charge in [0.1, 0.15) is 6.33 Å². The molecule has 1 aliphatic heterocycles. The Bertz CT molecular complexity index is 431. The van der Waals surface area contributed by atoms with Crippen molar-refractivity contribution in [1.29, 1.82) is 0 Å². The molecule has 5 heteroatoms. The van der Waals surface area contributed by atoms with Gasteiger partial charge < -0.3 is 10.6 Å². The number of halogens is 1. The molecule has 1 aliphatic rings. The quantitative estimate of drug-likeness (QED) is 0.784. The first-order chi connectivity index (χ1) is 8.81. The van der Waals surface area contributed by atoms with E-state index < -0.39 is 0 Å². The van der Waals surface area contributed by atoms with Crippen molar-refractivity contribution in [2.24, 2.45) is 0 Å². The van der Waals surface area contributed by atoms with E-state index in [4.69, 9.17) is 0 Å². The number of aryl methyl sites for hydroxylation is 1. The van der Waals surface area contributed by atoms with Crippen molar-refractivity contribution in [2.45, 2.75) is 26.2 Å². The Morgan fingerprint density at radius 3 is 3.06 bits per heavy atom. The zero-order valence-electron chi connectivity index (χ0n) is 10.7. The van der Waals surface area contributed by atoms with Crippen LogP contribution in [0.5, 0.6) is 0 Å².